The number of hydrogen-bond acceptors (Lipinski definition) is 8. The number of benzene rings is 1. The summed E-state index contributed by atoms with van der Waals surface area (Å²) in [4.78, 5) is 5.68. The third kappa shape index (κ3) is 5.98. The van der Waals surface area contributed by atoms with Crippen LogP contribution in [0.3, 0.4) is 0 Å². The van der Waals surface area contributed by atoms with E-state index in [0.717, 1.165) is 21.0 Å². The summed E-state index contributed by atoms with van der Waals surface area (Å²) in [5.41, 5.74) is 2.08. The number of aromatic nitrogens is 7. The Balaban J connectivity index is 1.46. The van der Waals surface area contributed by atoms with Crippen LogP contribution in [0.4, 0.5) is 0 Å². The van der Waals surface area contributed by atoms with Gasteiger partial charge < -0.3 is 4.74 Å². The van der Waals surface area contributed by atoms with Gasteiger partial charge >= 0.3 is 0 Å². The van der Waals surface area contributed by atoms with Crippen molar-refractivity contribution in [2.75, 3.05) is 6.61 Å². The second-order valence-electron chi connectivity index (χ2n) is 7.87. The molecular weight excluding hydrogens is 436 g/mol. The minimum Gasteiger partial charge on any atom is -0.375 e. The van der Waals surface area contributed by atoms with Crippen LogP contribution in [0.15, 0.2) is 55.5 Å². The number of nitrogens with zero attached hydrogens (tertiary/aromatic N) is 7. The molecular formula is C23H28N8OS. The van der Waals surface area contributed by atoms with E-state index in [0.29, 0.717) is 38.0 Å². The maximum absolute atomic E-state index is 5.84. The van der Waals surface area contributed by atoms with Crippen molar-refractivity contribution in [1.29, 1.82) is 0 Å². The molecule has 0 saturated heterocycles. The number of hydrogen-bond donors (Lipinski definition) is 1. The maximum Gasteiger partial charge on any atom is 0.173 e. The van der Waals surface area contributed by atoms with Gasteiger partial charge in [-0.05, 0) is 16.0 Å². The zero-order chi connectivity index (χ0) is 23.0. The summed E-state index contributed by atoms with van der Waals surface area (Å²) in [6, 6.07) is 9.85. The number of nitrogens with one attached hydrogen (secondary N) is 1. The Morgan fingerprint density at radius 3 is 2.79 bits per heavy atom. The Hall–Kier alpha value is -3.21. The molecule has 1 atom stereocenters. The van der Waals surface area contributed by atoms with Crippen molar-refractivity contribution in [3.63, 3.8) is 0 Å². The van der Waals surface area contributed by atoms with E-state index in [4.69, 9.17) is 4.74 Å². The Bertz CT molecular complexity index is 1150. The first kappa shape index (κ1) is 23.0. The van der Waals surface area contributed by atoms with Gasteiger partial charge in [-0.3, -0.25) is 5.32 Å². The zero-order valence-electron chi connectivity index (χ0n) is 18.8. The summed E-state index contributed by atoms with van der Waals surface area (Å²) in [6.45, 7) is 10.3. The molecule has 9 nitrogen and oxygen atoms in total. The van der Waals surface area contributed by atoms with Crippen molar-refractivity contribution in [1.82, 2.24) is 40.3 Å². The van der Waals surface area contributed by atoms with E-state index in [1.54, 1.807) is 33.1 Å². The molecule has 0 spiro atoms. The highest BCUT2D eigenvalue weighted by atomic mass is 32.1. The van der Waals surface area contributed by atoms with Gasteiger partial charge in [-0.25, -0.2) is 14.3 Å². The molecule has 1 aromatic carbocycles. The highest BCUT2D eigenvalue weighted by Gasteiger charge is 2.23. The lowest BCUT2D eigenvalue weighted by Crippen LogP contribution is -2.26. The fraction of sp³-hybridized carbons (Fsp3) is 0.348. The third-order valence-electron chi connectivity index (χ3n) is 5.06. The van der Waals surface area contributed by atoms with Crippen LogP contribution < -0.4 is 5.32 Å². The van der Waals surface area contributed by atoms with E-state index in [-0.39, 0.29) is 6.04 Å². The van der Waals surface area contributed by atoms with E-state index < -0.39 is 0 Å². The number of rotatable bonds is 12. The Kier molecular flexibility index (Phi) is 7.71. The summed E-state index contributed by atoms with van der Waals surface area (Å²) in [6.07, 6.45) is 7.30. The molecule has 0 aliphatic heterocycles. The van der Waals surface area contributed by atoms with Crippen molar-refractivity contribution >= 4 is 17.5 Å². The van der Waals surface area contributed by atoms with Gasteiger partial charge in [0.05, 0.1) is 37.0 Å². The first-order valence-electron chi connectivity index (χ1n) is 10.9. The largest absolute Gasteiger partial charge is 0.375 e. The van der Waals surface area contributed by atoms with E-state index >= 15 is 0 Å². The Morgan fingerprint density at radius 1 is 1.21 bits per heavy atom. The minimum atomic E-state index is -0.243. The SMILES string of the molecule is C=Cn1cc(C(NCc2cnc(C(C)C)s2)c2nnnn2CCOCc2ccccc2)cn1. The Morgan fingerprint density at radius 2 is 2.06 bits per heavy atom. The average Bonchev–Trinajstić information content (AvgIpc) is 3.59. The highest BCUT2D eigenvalue weighted by molar-refractivity contribution is 7.11. The van der Waals surface area contributed by atoms with E-state index in [9.17, 15) is 0 Å². The Labute approximate surface area is 197 Å². The molecule has 10 heteroatoms. The van der Waals surface area contributed by atoms with E-state index in [1.165, 1.54) is 0 Å². The summed E-state index contributed by atoms with van der Waals surface area (Å²) < 4.78 is 9.29. The van der Waals surface area contributed by atoms with Gasteiger partial charge in [-0.15, -0.1) is 16.4 Å². The van der Waals surface area contributed by atoms with Crippen molar-refractivity contribution in [2.24, 2.45) is 0 Å². The second-order valence-corrected chi connectivity index (χ2v) is 9.01. The van der Waals surface area contributed by atoms with Crippen LogP contribution >= 0.6 is 11.3 Å². The average molecular weight is 465 g/mol. The summed E-state index contributed by atoms with van der Waals surface area (Å²) in [7, 11) is 0. The van der Waals surface area contributed by atoms with Crippen LogP contribution in [0.1, 0.15) is 52.6 Å². The monoisotopic (exact) mass is 464 g/mol. The first-order chi connectivity index (χ1) is 16.1. The predicted octanol–water partition coefficient (Wildman–Crippen LogP) is 3.65. The highest BCUT2D eigenvalue weighted by Crippen LogP contribution is 2.24. The molecule has 3 aromatic heterocycles. The molecule has 33 heavy (non-hydrogen) atoms. The molecule has 0 aliphatic rings. The maximum atomic E-state index is 5.84. The van der Waals surface area contributed by atoms with Crippen molar-refractivity contribution in [3.05, 3.63) is 82.3 Å². The van der Waals surface area contributed by atoms with E-state index in [1.807, 2.05) is 42.7 Å². The molecule has 0 fully saturated rings. The lowest BCUT2D eigenvalue weighted by atomic mass is 10.1. The van der Waals surface area contributed by atoms with Crippen molar-refractivity contribution in [2.45, 2.75) is 45.5 Å². The van der Waals surface area contributed by atoms with Gasteiger partial charge in [0.25, 0.3) is 0 Å². The molecule has 0 saturated carbocycles. The molecule has 1 unspecified atom stereocenters. The fourth-order valence-electron chi connectivity index (χ4n) is 3.33. The molecule has 172 valence electrons. The molecule has 4 rings (SSSR count). The normalized spacial score (nSPS) is 12.3. The molecule has 0 aliphatic carbocycles. The zero-order valence-corrected chi connectivity index (χ0v) is 19.6. The summed E-state index contributed by atoms with van der Waals surface area (Å²) in [5.74, 6) is 1.11. The van der Waals surface area contributed by atoms with Crippen LogP contribution in [0.25, 0.3) is 6.20 Å². The van der Waals surface area contributed by atoms with Crippen LogP contribution in [0.5, 0.6) is 0 Å². The van der Waals surface area contributed by atoms with Crippen molar-refractivity contribution in [3.8, 4) is 0 Å². The quantitative estimate of drug-likeness (QED) is 0.320. The molecule has 0 amide bonds. The lowest BCUT2D eigenvalue weighted by Gasteiger charge is -2.16. The summed E-state index contributed by atoms with van der Waals surface area (Å²) in [5, 5.41) is 21.5. The topological polar surface area (TPSA) is 95.6 Å². The third-order valence-corrected chi connectivity index (χ3v) is 6.36. The van der Waals surface area contributed by atoms with Gasteiger partial charge in [0.1, 0.15) is 0 Å². The standard InChI is InChI=1S/C23H28N8OS/c1-4-30-15-19(12-26-30)21(24-13-20-14-25-23(33-20)17(2)3)22-27-28-29-31(22)10-11-32-16-18-8-6-5-7-9-18/h4-9,12,14-15,17,21,24H,1,10-11,13,16H2,2-3H3. The van der Waals surface area contributed by atoms with Crippen LogP contribution in [-0.2, 0) is 24.4 Å². The van der Waals surface area contributed by atoms with Crippen LogP contribution in [0.2, 0.25) is 0 Å². The number of thiazole rings is 1. The molecule has 4 aromatic rings. The van der Waals surface area contributed by atoms with Gasteiger partial charge in [-0.1, -0.05) is 50.8 Å². The van der Waals surface area contributed by atoms with Gasteiger partial charge in [0.15, 0.2) is 5.82 Å². The smallest absolute Gasteiger partial charge is 0.173 e. The van der Waals surface area contributed by atoms with Gasteiger partial charge in [0, 0.05) is 41.5 Å². The fourth-order valence-corrected chi connectivity index (χ4v) is 4.20. The molecule has 0 bridgehead atoms. The van der Waals surface area contributed by atoms with Crippen molar-refractivity contribution < 1.29 is 4.74 Å². The minimum absolute atomic E-state index is 0.243. The van der Waals surface area contributed by atoms with E-state index in [2.05, 4.69) is 51.4 Å². The van der Waals surface area contributed by atoms with Gasteiger partial charge in [0.2, 0.25) is 0 Å². The second kappa shape index (κ2) is 11.1. The summed E-state index contributed by atoms with van der Waals surface area (Å²) >= 11 is 1.71. The van der Waals surface area contributed by atoms with Gasteiger partial charge in [-0.2, -0.15) is 5.10 Å². The predicted molar refractivity (Wildman–Crippen MR) is 127 cm³/mol. The lowest BCUT2D eigenvalue weighted by molar-refractivity contribution is 0.109. The molecule has 3 heterocycles. The van der Waals surface area contributed by atoms with Crippen LogP contribution in [-0.4, -0.2) is 41.6 Å². The number of ether oxygens (including phenoxy) is 1. The molecule has 0 radical (unpaired) electrons. The molecule has 1 N–H and O–H groups in total. The first-order valence-corrected chi connectivity index (χ1v) is 11.7. The number of tetrazole rings is 1. The van der Waals surface area contributed by atoms with Crippen LogP contribution in [0, 0.1) is 0 Å².